The van der Waals surface area contributed by atoms with Gasteiger partial charge in [0.05, 0.1) is 5.69 Å². The molecule has 21 heavy (non-hydrogen) atoms. The van der Waals surface area contributed by atoms with Gasteiger partial charge in [-0.15, -0.1) is 0 Å². The molecule has 2 aromatic carbocycles. The smallest absolute Gasteiger partial charge is 0.219 e. The highest BCUT2D eigenvalue weighted by Gasteiger charge is 2.09. The highest BCUT2D eigenvalue weighted by Crippen LogP contribution is 2.26. The van der Waals surface area contributed by atoms with Crippen LogP contribution in [0.4, 0.5) is 8.78 Å². The molecule has 0 saturated heterocycles. The van der Waals surface area contributed by atoms with E-state index in [1.165, 1.54) is 12.1 Å². The van der Waals surface area contributed by atoms with Gasteiger partial charge in [0.15, 0.2) is 0 Å². The van der Waals surface area contributed by atoms with Crippen molar-refractivity contribution in [3.05, 3.63) is 78.0 Å². The molecule has 0 spiro atoms. The molecule has 0 unspecified atom stereocenters. The van der Waals surface area contributed by atoms with Crippen molar-refractivity contribution in [2.75, 3.05) is 0 Å². The number of aromatic nitrogens is 1. The third-order valence-corrected chi connectivity index (χ3v) is 3.33. The lowest BCUT2D eigenvalue weighted by atomic mass is 10.0. The van der Waals surface area contributed by atoms with Crippen molar-refractivity contribution >= 4 is 0 Å². The Labute approximate surface area is 121 Å². The molecule has 1 nitrogen and oxygen atoms in total. The third kappa shape index (κ3) is 2.82. The van der Waals surface area contributed by atoms with Gasteiger partial charge in [-0.1, -0.05) is 42.0 Å². The molecule has 0 radical (unpaired) electrons. The number of aryl methyl sites for hydroxylation is 1. The summed E-state index contributed by atoms with van der Waals surface area (Å²) in [5.41, 5.74) is 3.31. The Hall–Kier alpha value is -2.55. The van der Waals surface area contributed by atoms with Crippen LogP contribution in [0.2, 0.25) is 0 Å². The van der Waals surface area contributed by atoms with Crippen LogP contribution in [0.1, 0.15) is 5.56 Å². The number of nitrogens with zero attached hydrogens (tertiary/aromatic N) is 1. The van der Waals surface area contributed by atoms with E-state index < -0.39 is 5.95 Å². The summed E-state index contributed by atoms with van der Waals surface area (Å²) in [7, 11) is 0. The molecule has 3 rings (SSSR count). The predicted octanol–water partition coefficient (Wildman–Crippen LogP) is 5.00. The quantitative estimate of drug-likeness (QED) is 0.602. The van der Waals surface area contributed by atoms with Crippen LogP contribution >= 0.6 is 0 Å². The minimum absolute atomic E-state index is 0.364. The maximum absolute atomic E-state index is 14.2. The zero-order chi connectivity index (χ0) is 14.8. The normalized spacial score (nSPS) is 10.6. The van der Waals surface area contributed by atoms with E-state index >= 15 is 0 Å². The minimum Gasteiger partial charge on any atom is -0.219 e. The SMILES string of the molecule is Cc1ccc(-c2ccc(-c3cccc(F)c3)nc2F)cc1. The standard InChI is InChI=1S/C18H13F2N/c1-12-5-7-13(8-6-12)16-9-10-17(21-18(16)20)14-3-2-4-15(19)11-14/h2-11H,1H3. The second-order valence-corrected chi connectivity index (χ2v) is 4.91. The molecule has 0 aliphatic carbocycles. The fourth-order valence-electron chi connectivity index (χ4n) is 2.19. The molecule has 0 bridgehead atoms. The molecule has 1 aromatic heterocycles. The lowest BCUT2D eigenvalue weighted by Gasteiger charge is -2.06. The van der Waals surface area contributed by atoms with Crippen LogP contribution in [-0.2, 0) is 0 Å². The lowest BCUT2D eigenvalue weighted by Crippen LogP contribution is -1.92. The van der Waals surface area contributed by atoms with Crippen molar-refractivity contribution < 1.29 is 8.78 Å². The Bertz CT molecular complexity index is 779. The van der Waals surface area contributed by atoms with Gasteiger partial charge in [-0.2, -0.15) is 4.39 Å². The van der Waals surface area contributed by atoms with Gasteiger partial charge in [-0.25, -0.2) is 9.37 Å². The summed E-state index contributed by atoms with van der Waals surface area (Å²) >= 11 is 0. The van der Waals surface area contributed by atoms with Gasteiger partial charge in [0.2, 0.25) is 5.95 Å². The fraction of sp³-hybridized carbons (Fsp3) is 0.0556. The van der Waals surface area contributed by atoms with E-state index in [1.54, 1.807) is 24.3 Å². The maximum Gasteiger partial charge on any atom is 0.221 e. The molecule has 3 aromatic rings. The highest BCUT2D eigenvalue weighted by atomic mass is 19.1. The maximum atomic E-state index is 14.2. The van der Waals surface area contributed by atoms with Gasteiger partial charge in [-0.3, -0.25) is 0 Å². The topological polar surface area (TPSA) is 12.9 Å². The molecule has 3 heteroatoms. The van der Waals surface area contributed by atoms with Gasteiger partial charge in [0, 0.05) is 11.1 Å². The zero-order valence-corrected chi connectivity index (χ0v) is 11.5. The van der Waals surface area contributed by atoms with Crippen LogP contribution in [0.15, 0.2) is 60.7 Å². The molecular weight excluding hydrogens is 268 g/mol. The van der Waals surface area contributed by atoms with Crippen LogP contribution in [0, 0.1) is 18.7 Å². The molecule has 0 saturated carbocycles. The molecule has 1 heterocycles. The second-order valence-electron chi connectivity index (χ2n) is 4.91. The summed E-state index contributed by atoms with van der Waals surface area (Å²) in [5.74, 6) is -0.919. The number of rotatable bonds is 2. The Kier molecular flexibility index (Phi) is 3.48. The number of hydrogen-bond donors (Lipinski definition) is 0. The molecule has 0 atom stereocenters. The minimum atomic E-state index is -0.555. The molecule has 0 aliphatic heterocycles. The van der Waals surface area contributed by atoms with Crippen LogP contribution in [0.25, 0.3) is 22.4 Å². The van der Waals surface area contributed by atoms with Crippen molar-refractivity contribution in [2.45, 2.75) is 6.92 Å². The number of pyridine rings is 1. The van der Waals surface area contributed by atoms with Crippen LogP contribution in [-0.4, -0.2) is 4.98 Å². The average molecular weight is 281 g/mol. The van der Waals surface area contributed by atoms with Gasteiger partial charge in [0.25, 0.3) is 0 Å². The van der Waals surface area contributed by atoms with Crippen molar-refractivity contribution in [2.24, 2.45) is 0 Å². The first kappa shape index (κ1) is 13.4. The Morgan fingerprint density at radius 2 is 1.57 bits per heavy atom. The van der Waals surface area contributed by atoms with Gasteiger partial charge >= 0.3 is 0 Å². The summed E-state index contributed by atoms with van der Waals surface area (Å²) < 4.78 is 27.4. The monoisotopic (exact) mass is 281 g/mol. The average Bonchev–Trinajstić information content (AvgIpc) is 2.48. The van der Waals surface area contributed by atoms with Crippen molar-refractivity contribution in [1.29, 1.82) is 0 Å². The summed E-state index contributed by atoms with van der Waals surface area (Å²) in [5, 5.41) is 0. The second kappa shape index (κ2) is 5.44. The lowest BCUT2D eigenvalue weighted by molar-refractivity contribution is 0.589. The first-order valence-electron chi connectivity index (χ1n) is 6.63. The van der Waals surface area contributed by atoms with E-state index in [1.807, 2.05) is 31.2 Å². The number of halogens is 2. The summed E-state index contributed by atoms with van der Waals surface area (Å²) in [6.45, 7) is 1.98. The molecule has 0 aliphatic rings. The predicted molar refractivity (Wildman–Crippen MR) is 79.8 cm³/mol. The molecule has 0 fully saturated rings. The Morgan fingerprint density at radius 1 is 0.810 bits per heavy atom. The van der Waals surface area contributed by atoms with Crippen molar-refractivity contribution in [3.63, 3.8) is 0 Å². The molecular formula is C18H13F2N. The van der Waals surface area contributed by atoms with Crippen molar-refractivity contribution in [1.82, 2.24) is 4.98 Å². The van der Waals surface area contributed by atoms with E-state index in [-0.39, 0.29) is 5.82 Å². The molecule has 0 N–H and O–H groups in total. The zero-order valence-electron chi connectivity index (χ0n) is 11.5. The first-order valence-corrected chi connectivity index (χ1v) is 6.63. The van der Waals surface area contributed by atoms with E-state index in [9.17, 15) is 8.78 Å². The van der Waals surface area contributed by atoms with Gasteiger partial charge in [-0.05, 0) is 36.8 Å². The van der Waals surface area contributed by atoms with Crippen LogP contribution in [0.5, 0.6) is 0 Å². The van der Waals surface area contributed by atoms with E-state index in [4.69, 9.17) is 0 Å². The van der Waals surface area contributed by atoms with Gasteiger partial charge in [0.1, 0.15) is 5.82 Å². The van der Waals surface area contributed by atoms with Crippen LogP contribution in [0.3, 0.4) is 0 Å². The Morgan fingerprint density at radius 3 is 2.24 bits per heavy atom. The van der Waals surface area contributed by atoms with E-state index in [0.717, 1.165) is 11.1 Å². The highest BCUT2D eigenvalue weighted by molar-refractivity contribution is 5.67. The number of benzene rings is 2. The third-order valence-electron chi connectivity index (χ3n) is 3.33. The van der Waals surface area contributed by atoms with Gasteiger partial charge < -0.3 is 0 Å². The van der Waals surface area contributed by atoms with E-state index in [0.29, 0.717) is 16.8 Å². The van der Waals surface area contributed by atoms with E-state index in [2.05, 4.69) is 4.98 Å². The Balaban J connectivity index is 2.02. The molecule has 0 amide bonds. The summed E-state index contributed by atoms with van der Waals surface area (Å²) in [4.78, 5) is 3.95. The molecule has 104 valence electrons. The largest absolute Gasteiger partial charge is 0.221 e. The summed E-state index contributed by atoms with van der Waals surface area (Å²) in [6.07, 6.45) is 0. The first-order chi connectivity index (χ1) is 10.1. The van der Waals surface area contributed by atoms with Crippen molar-refractivity contribution in [3.8, 4) is 22.4 Å². The summed E-state index contributed by atoms with van der Waals surface area (Å²) in [6, 6.07) is 16.9. The fourth-order valence-corrected chi connectivity index (χ4v) is 2.19. The van der Waals surface area contributed by atoms with Crippen LogP contribution < -0.4 is 0 Å². The number of hydrogen-bond acceptors (Lipinski definition) is 1.